The Bertz CT molecular complexity index is 738. The first kappa shape index (κ1) is 19.6. The molecule has 0 saturated heterocycles. The van der Waals surface area contributed by atoms with E-state index in [2.05, 4.69) is 0 Å². The zero-order chi connectivity index (χ0) is 17.7. The predicted octanol–water partition coefficient (Wildman–Crippen LogP) is 1.36. The van der Waals surface area contributed by atoms with Crippen LogP contribution in [0.1, 0.15) is 26.7 Å². The summed E-state index contributed by atoms with van der Waals surface area (Å²) in [6.45, 7) is 2.92. The van der Waals surface area contributed by atoms with Gasteiger partial charge in [0.2, 0.25) is 10.0 Å². The third-order valence-electron chi connectivity index (χ3n) is 3.08. The molecular weight excluding hydrogens is 342 g/mol. The summed E-state index contributed by atoms with van der Waals surface area (Å²) in [5.41, 5.74) is 0. The van der Waals surface area contributed by atoms with Gasteiger partial charge in [-0.05, 0) is 37.1 Å². The third kappa shape index (κ3) is 5.02. The molecule has 0 aliphatic heterocycles. The molecule has 1 rings (SSSR count). The molecule has 0 radical (unpaired) electrons. The van der Waals surface area contributed by atoms with Crippen molar-refractivity contribution >= 4 is 25.8 Å². The quantitative estimate of drug-likeness (QED) is 0.709. The minimum Gasteiger partial charge on any atom is -0.480 e. The van der Waals surface area contributed by atoms with Crippen LogP contribution in [-0.4, -0.2) is 51.1 Å². The van der Waals surface area contributed by atoms with Gasteiger partial charge >= 0.3 is 5.97 Å². The number of sulfone groups is 1. The second kappa shape index (κ2) is 7.89. The number of benzene rings is 1. The molecule has 9 heteroatoms. The summed E-state index contributed by atoms with van der Waals surface area (Å²) >= 11 is 0. The molecule has 0 amide bonds. The van der Waals surface area contributed by atoms with E-state index in [-0.39, 0.29) is 22.1 Å². The van der Waals surface area contributed by atoms with E-state index in [1.807, 2.05) is 0 Å². The molecule has 1 aromatic rings. The van der Waals surface area contributed by atoms with E-state index in [0.717, 1.165) is 4.31 Å². The summed E-state index contributed by atoms with van der Waals surface area (Å²) in [4.78, 5) is 10.8. The summed E-state index contributed by atoms with van der Waals surface area (Å²) in [6, 6.07) is 4.87. The summed E-state index contributed by atoms with van der Waals surface area (Å²) in [5.74, 6) is -1.26. The highest BCUT2D eigenvalue weighted by molar-refractivity contribution is 7.91. The number of rotatable bonds is 9. The highest BCUT2D eigenvalue weighted by Gasteiger charge is 2.26. The van der Waals surface area contributed by atoms with Crippen molar-refractivity contribution in [3.05, 3.63) is 24.3 Å². The molecule has 0 unspecified atom stereocenters. The van der Waals surface area contributed by atoms with Crippen LogP contribution in [0.2, 0.25) is 0 Å². The van der Waals surface area contributed by atoms with Crippen LogP contribution in [0.4, 0.5) is 0 Å². The first-order chi connectivity index (χ1) is 10.6. The van der Waals surface area contributed by atoms with Crippen LogP contribution in [0.25, 0.3) is 0 Å². The lowest BCUT2D eigenvalue weighted by molar-refractivity contribution is -0.137. The fraction of sp³-hybridized carbons (Fsp3) is 0.500. The minimum atomic E-state index is -3.98. The van der Waals surface area contributed by atoms with Crippen molar-refractivity contribution in [3.8, 4) is 0 Å². The van der Waals surface area contributed by atoms with Gasteiger partial charge in [-0.25, -0.2) is 16.8 Å². The maximum atomic E-state index is 12.5. The lowest BCUT2D eigenvalue weighted by Gasteiger charge is -2.19. The fourth-order valence-electron chi connectivity index (χ4n) is 2.04. The van der Waals surface area contributed by atoms with Gasteiger partial charge in [-0.1, -0.05) is 13.8 Å². The maximum absolute atomic E-state index is 12.5. The van der Waals surface area contributed by atoms with Gasteiger partial charge in [0.1, 0.15) is 6.54 Å². The molecule has 0 saturated carbocycles. The number of sulfonamides is 1. The molecule has 130 valence electrons. The van der Waals surface area contributed by atoms with Crippen LogP contribution in [0.5, 0.6) is 0 Å². The molecule has 0 aliphatic rings. The SMILES string of the molecule is CCCN(CC(=O)O)S(=O)(=O)c1ccc(S(=O)(=O)CCC)cc1. The van der Waals surface area contributed by atoms with E-state index in [9.17, 15) is 21.6 Å². The van der Waals surface area contributed by atoms with Gasteiger partial charge in [0, 0.05) is 6.54 Å². The van der Waals surface area contributed by atoms with E-state index in [1.54, 1.807) is 13.8 Å². The normalized spacial score (nSPS) is 12.5. The van der Waals surface area contributed by atoms with Gasteiger partial charge in [0.15, 0.2) is 9.84 Å². The molecule has 0 spiro atoms. The van der Waals surface area contributed by atoms with E-state index < -0.39 is 32.4 Å². The summed E-state index contributed by atoms with van der Waals surface area (Å²) < 4.78 is 49.7. The van der Waals surface area contributed by atoms with Crippen LogP contribution >= 0.6 is 0 Å². The van der Waals surface area contributed by atoms with Crippen LogP contribution < -0.4 is 0 Å². The van der Waals surface area contributed by atoms with E-state index in [4.69, 9.17) is 5.11 Å². The minimum absolute atomic E-state index is 0.0138. The molecule has 0 aliphatic carbocycles. The zero-order valence-corrected chi connectivity index (χ0v) is 14.7. The Labute approximate surface area is 136 Å². The predicted molar refractivity (Wildman–Crippen MR) is 85.5 cm³/mol. The van der Waals surface area contributed by atoms with Crippen molar-refractivity contribution in [2.45, 2.75) is 36.5 Å². The molecule has 7 nitrogen and oxygen atoms in total. The monoisotopic (exact) mass is 363 g/mol. The first-order valence-corrected chi connectivity index (χ1v) is 10.3. The molecule has 0 atom stereocenters. The highest BCUT2D eigenvalue weighted by Crippen LogP contribution is 2.19. The number of hydrogen-bond donors (Lipinski definition) is 1. The zero-order valence-electron chi connectivity index (χ0n) is 13.1. The second-order valence-electron chi connectivity index (χ2n) is 5.02. The Hall–Kier alpha value is -1.45. The van der Waals surface area contributed by atoms with Crippen LogP contribution in [0.15, 0.2) is 34.1 Å². The van der Waals surface area contributed by atoms with Gasteiger partial charge in [0.25, 0.3) is 0 Å². The summed E-state index contributed by atoms with van der Waals surface area (Å²) in [7, 11) is -7.40. The fourth-order valence-corrected chi connectivity index (χ4v) is 4.84. The van der Waals surface area contributed by atoms with Crippen molar-refractivity contribution in [1.29, 1.82) is 0 Å². The van der Waals surface area contributed by atoms with Crippen molar-refractivity contribution in [2.24, 2.45) is 0 Å². The molecule has 1 aromatic carbocycles. The molecule has 0 aromatic heterocycles. The average Bonchev–Trinajstić information content (AvgIpc) is 2.46. The highest BCUT2D eigenvalue weighted by atomic mass is 32.2. The molecule has 0 bridgehead atoms. The van der Waals surface area contributed by atoms with Crippen LogP contribution in [0, 0.1) is 0 Å². The third-order valence-corrected chi connectivity index (χ3v) is 6.87. The second-order valence-corrected chi connectivity index (χ2v) is 9.07. The van der Waals surface area contributed by atoms with Crippen LogP contribution in [0.3, 0.4) is 0 Å². The van der Waals surface area contributed by atoms with E-state index in [0.29, 0.717) is 12.8 Å². The molecule has 0 heterocycles. The van der Waals surface area contributed by atoms with Gasteiger partial charge < -0.3 is 5.11 Å². The number of carboxylic acids is 1. The van der Waals surface area contributed by atoms with Crippen molar-refractivity contribution in [3.63, 3.8) is 0 Å². The number of carbonyl (C=O) groups is 1. The van der Waals surface area contributed by atoms with Crippen molar-refractivity contribution in [1.82, 2.24) is 4.31 Å². The molecule has 23 heavy (non-hydrogen) atoms. The van der Waals surface area contributed by atoms with Crippen LogP contribution in [-0.2, 0) is 24.7 Å². The van der Waals surface area contributed by atoms with E-state index in [1.165, 1.54) is 24.3 Å². The van der Waals surface area contributed by atoms with Gasteiger partial charge in [-0.3, -0.25) is 4.79 Å². The van der Waals surface area contributed by atoms with Gasteiger partial charge in [-0.15, -0.1) is 0 Å². The van der Waals surface area contributed by atoms with Crippen molar-refractivity contribution in [2.75, 3.05) is 18.8 Å². The molecular formula is C14H21NO6S2. The van der Waals surface area contributed by atoms with Gasteiger partial charge in [-0.2, -0.15) is 4.31 Å². The lowest BCUT2D eigenvalue weighted by Crippen LogP contribution is -2.36. The average molecular weight is 363 g/mol. The Kier molecular flexibility index (Phi) is 6.72. The topological polar surface area (TPSA) is 109 Å². The summed E-state index contributed by atoms with van der Waals surface area (Å²) in [6.07, 6.45) is 0.931. The van der Waals surface area contributed by atoms with Crippen molar-refractivity contribution < 1.29 is 26.7 Å². The Morgan fingerprint density at radius 3 is 1.96 bits per heavy atom. The van der Waals surface area contributed by atoms with Gasteiger partial charge in [0.05, 0.1) is 15.5 Å². The largest absolute Gasteiger partial charge is 0.480 e. The summed E-state index contributed by atoms with van der Waals surface area (Å²) in [5, 5.41) is 8.85. The Morgan fingerprint density at radius 2 is 1.52 bits per heavy atom. The molecule has 0 fully saturated rings. The Morgan fingerprint density at radius 1 is 1.00 bits per heavy atom. The Balaban J connectivity index is 3.16. The lowest BCUT2D eigenvalue weighted by atomic mass is 10.4. The number of nitrogens with zero attached hydrogens (tertiary/aromatic N) is 1. The first-order valence-electron chi connectivity index (χ1n) is 7.20. The smallest absolute Gasteiger partial charge is 0.318 e. The van der Waals surface area contributed by atoms with E-state index >= 15 is 0 Å². The molecule has 1 N–H and O–H groups in total. The standard InChI is InChI=1S/C14H21NO6S2/c1-3-9-15(11-14(16)17)23(20,21)13-7-5-12(6-8-13)22(18,19)10-4-2/h5-8H,3-4,9-11H2,1-2H3,(H,16,17). The number of hydrogen-bond acceptors (Lipinski definition) is 5. The number of aliphatic carboxylic acids is 1. The maximum Gasteiger partial charge on any atom is 0.318 e. The number of carboxylic acid groups (broad SMARTS) is 1.